The molecule has 0 spiro atoms. The molecule has 2 nitrogen and oxygen atoms in total. The minimum absolute atomic E-state index is 0.233. The lowest BCUT2D eigenvalue weighted by Gasteiger charge is -2.22. The minimum atomic E-state index is 0.233. The fraction of sp³-hybridized carbons (Fsp3) is 0.562. The first-order valence-corrected chi connectivity index (χ1v) is 7.14. The maximum Gasteiger partial charge on any atom is 0.220 e. The molecule has 0 aromatic heterocycles. The zero-order valence-corrected chi connectivity index (χ0v) is 10.8. The summed E-state index contributed by atoms with van der Waals surface area (Å²) in [5.74, 6) is 1.90. The smallest absolute Gasteiger partial charge is 0.220 e. The molecule has 1 aromatic carbocycles. The summed E-state index contributed by atoms with van der Waals surface area (Å²) in [5, 5.41) is 3.24. The van der Waals surface area contributed by atoms with Crippen molar-refractivity contribution in [1.29, 1.82) is 0 Å². The minimum Gasteiger partial charge on any atom is -0.353 e. The Kier molecular flexibility index (Phi) is 3.35. The van der Waals surface area contributed by atoms with Gasteiger partial charge in [0.2, 0.25) is 5.91 Å². The summed E-state index contributed by atoms with van der Waals surface area (Å²) in [6.45, 7) is 0. The van der Waals surface area contributed by atoms with Crippen LogP contribution >= 0.6 is 0 Å². The van der Waals surface area contributed by atoms with E-state index < -0.39 is 0 Å². The molecule has 0 unspecified atom stereocenters. The van der Waals surface area contributed by atoms with Crippen LogP contribution in [0.4, 0.5) is 0 Å². The largest absolute Gasteiger partial charge is 0.353 e. The highest BCUT2D eigenvalue weighted by Gasteiger charge is 2.39. The molecule has 1 N–H and O–H groups in total. The third kappa shape index (κ3) is 2.58. The number of amides is 1. The molecule has 2 aliphatic rings. The predicted molar refractivity (Wildman–Crippen MR) is 72.1 cm³/mol. The lowest BCUT2D eigenvalue weighted by atomic mass is 9.95. The predicted octanol–water partition coefficient (Wildman–Crippen LogP) is 2.92. The standard InChI is InChI=1S/C16H21NO/c18-16(9-7-12-4-2-1-3-5-12)17-15-11-13-6-8-14(15)10-13/h1-5,13-15H,6-11H2,(H,17,18)/t13-,14-,15+/m0/s1. The van der Waals surface area contributed by atoms with E-state index >= 15 is 0 Å². The molecule has 1 aromatic rings. The zero-order valence-electron chi connectivity index (χ0n) is 10.8. The van der Waals surface area contributed by atoms with E-state index in [0.717, 1.165) is 18.3 Å². The van der Waals surface area contributed by atoms with Crippen molar-refractivity contribution in [3.63, 3.8) is 0 Å². The van der Waals surface area contributed by atoms with Gasteiger partial charge in [0.25, 0.3) is 0 Å². The van der Waals surface area contributed by atoms with Crippen molar-refractivity contribution in [2.45, 2.75) is 44.6 Å². The van der Waals surface area contributed by atoms with Crippen LogP contribution in [0.2, 0.25) is 0 Å². The molecule has 2 saturated carbocycles. The van der Waals surface area contributed by atoms with Crippen LogP contribution in [0.3, 0.4) is 0 Å². The number of benzene rings is 1. The maximum absolute atomic E-state index is 11.9. The molecule has 96 valence electrons. The number of hydrogen-bond acceptors (Lipinski definition) is 1. The second-order valence-corrected chi connectivity index (χ2v) is 5.83. The Labute approximate surface area is 109 Å². The number of carbonyl (C=O) groups excluding carboxylic acids is 1. The molecule has 0 radical (unpaired) electrons. The number of rotatable bonds is 4. The van der Waals surface area contributed by atoms with E-state index in [1.165, 1.54) is 31.2 Å². The van der Waals surface area contributed by atoms with Crippen LogP contribution in [0.25, 0.3) is 0 Å². The molecule has 2 bridgehead atoms. The molecule has 3 atom stereocenters. The van der Waals surface area contributed by atoms with Crippen molar-refractivity contribution in [3.05, 3.63) is 35.9 Å². The van der Waals surface area contributed by atoms with Crippen LogP contribution in [0.5, 0.6) is 0 Å². The van der Waals surface area contributed by atoms with Crippen LogP contribution in [0.1, 0.15) is 37.7 Å². The van der Waals surface area contributed by atoms with E-state index in [9.17, 15) is 4.79 Å². The van der Waals surface area contributed by atoms with Crippen molar-refractivity contribution in [1.82, 2.24) is 5.32 Å². The van der Waals surface area contributed by atoms with Gasteiger partial charge in [0.05, 0.1) is 0 Å². The lowest BCUT2D eigenvalue weighted by molar-refractivity contribution is -0.122. The summed E-state index contributed by atoms with van der Waals surface area (Å²) < 4.78 is 0. The van der Waals surface area contributed by atoms with Crippen LogP contribution < -0.4 is 5.32 Å². The highest BCUT2D eigenvalue weighted by molar-refractivity contribution is 5.76. The van der Waals surface area contributed by atoms with Crippen LogP contribution in [-0.4, -0.2) is 11.9 Å². The zero-order chi connectivity index (χ0) is 12.4. The average Bonchev–Trinajstić information content (AvgIpc) is 3.00. The SMILES string of the molecule is O=C(CCc1ccccc1)N[C@@H]1C[C@H]2CC[C@H]1C2. The number of aryl methyl sites for hydroxylation is 1. The van der Waals surface area contributed by atoms with Gasteiger partial charge in [-0.25, -0.2) is 0 Å². The van der Waals surface area contributed by atoms with Crippen LogP contribution in [-0.2, 0) is 11.2 Å². The Morgan fingerprint density at radius 2 is 2.00 bits per heavy atom. The summed E-state index contributed by atoms with van der Waals surface area (Å²) in [5.41, 5.74) is 1.25. The van der Waals surface area contributed by atoms with Gasteiger partial charge >= 0.3 is 0 Å². The first kappa shape index (κ1) is 11.8. The highest BCUT2D eigenvalue weighted by Crippen LogP contribution is 2.44. The number of fused-ring (bicyclic) bond motifs is 2. The van der Waals surface area contributed by atoms with Crippen LogP contribution in [0.15, 0.2) is 30.3 Å². The molecule has 0 saturated heterocycles. The molecule has 18 heavy (non-hydrogen) atoms. The molecule has 2 fully saturated rings. The van der Waals surface area contributed by atoms with Gasteiger partial charge in [0.15, 0.2) is 0 Å². The Morgan fingerprint density at radius 1 is 1.17 bits per heavy atom. The van der Waals surface area contributed by atoms with Gasteiger partial charge in [-0.05, 0) is 43.1 Å². The van der Waals surface area contributed by atoms with Gasteiger partial charge < -0.3 is 5.32 Å². The molecular formula is C16H21NO. The average molecular weight is 243 g/mol. The highest BCUT2D eigenvalue weighted by atomic mass is 16.1. The second kappa shape index (κ2) is 5.13. The van der Waals surface area contributed by atoms with E-state index in [2.05, 4.69) is 17.4 Å². The quantitative estimate of drug-likeness (QED) is 0.865. The molecule has 3 rings (SSSR count). The topological polar surface area (TPSA) is 29.1 Å². The van der Waals surface area contributed by atoms with Crippen molar-refractivity contribution < 1.29 is 4.79 Å². The normalized spacial score (nSPS) is 29.4. The van der Waals surface area contributed by atoms with Crippen molar-refractivity contribution in [2.24, 2.45) is 11.8 Å². The van der Waals surface area contributed by atoms with Gasteiger partial charge in [-0.15, -0.1) is 0 Å². The lowest BCUT2D eigenvalue weighted by Crippen LogP contribution is -2.38. The van der Waals surface area contributed by atoms with Crippen molar-refractivity contribution in [3.8, 4) is 0 Å². The van der Waals surface area contributed by atoms with E-state index in [0.29, 0.717) is 12.5 Å². The summed E-state index contributed by atoms with van der Waals surface area (Å²) >= 11 is 0. The van der Waals surface area contributed by atoms with E-state index in [-0.39, 0.29) is 5.91 Å². The third-order valence-electron chi connectivity index (χ3n) is 4.57. The molecule has 1 amide bonds. The molecular weight excluding hydrogens is 222 g/mol. The van der Waals surface area contributed by atoms with Crippen molar-refractivity contribution >= 4 is 5.91 Å². The molecule has 0 aliphatic heterocycles. The van der Waals surface area contributed by atoms with Gasteiger partial charge in [0, 0.05) is 12.5 Å². The van der Waals surface area contributed by atoms with E-state index in [4.69, 9.17) is 0 Å². The number of nitrogens with one attached hydrogen (secondary N) is 1. The summed E-state index contributed by atoms with van der Waals surface area (Å²) in [6, 6.07) is 10.7. The number of hydrogen-bond donors (Lipinski definition) is 1. The first-order chi connectivity index (χ1) is 8.81. The Bertz CT molecular complexity index is 414. The van der Waals surface area contributed by atoms with Gasteiger partial charge in [-0.2, -0.15) is 0 Å². The Balaban J connectivity index is 1.45. The van der Waals surface area contributed by atoms with Crippen molar-refractivity contribution in [2.75, 3.05) is 0 Å². The monoisotopic (exact) mass is 243 g/mol. The maximum atomic E-state index is 11.9. The van der Waals surface area contributed by atoms with E-state index in [1.54, 1.807) is 0 Å². The second-order valence-electron chi connectivity index (χ2n) is 5.83. The van der Waals surface area contributed by atoms with Gasteiger partial charge in [-0.3, -0.25) is 4.79 Å². The first-order valence-electron chi connectivity index (χ1n) is 7.14. The fourth-order valence-corrected chi connectivity index (χ4v) is 3.60. The third-order valence-corrected chi connectivity index (χ3v) is 4.57. The number of carbonyl (C=O) groups is 1. The molecule has 2 heteroatoms. The summed E-state index contributed by atoms with van der Waals surface area (Å²) in [7, 11) is 0. The van der Waals surface area contributed by atoms with Gasteiger partial charge in [0.1, 0.15) is 0 Å². The van der Waals surface area contributed by atoms with Gasteiger partial charge in [-0.1, -0.05) is 36.8 Å². The Hall–Kier alpha value is -1.31. The van der Waals surface area contributed by atoms with Crippen LogP contribution in [0, 0.1) is 11.8 Å². The molecule has 2 aliphatic carbocycles. The summed E-state index contributed by atoms with van der Waals surface area (Å²) in [6.07, 6.45) is 6.77. The Morgan fingerprint density at radius 3 is 2.67 bits per heavy atom. The van der Waals surface area contributed by atoms with E-state index in [1.807, 2.05) is 18.2 Å². The fourth-order valence-electron chi connectivity index (χ4n) is 3.60. The summed E-state index contributed by atoms with van der Waals surface area (Å²) in [4.78, 5) is 11.9. The molecule has 0 heterocycles.